The maximum atomic E-state index is 11.7. The second-order valence-corrected chi connectivity index (χ2v) is 7.26. The van der Waals surface area contributed by atoms with E-state index in [2.05, 4.69) is 25.6 Å². The van der Waals surface area contributed by atoms with Gasteiger partial charge in [-0.1, -0.05) is 41.1 Å². The monoisotopic (exact) mass is 412 g/mol. The Morgan fingerprint density at radius 2 is 1.82 bits per heavy atom. The highest BCUT2D eigenvalue weighted by molar-refractivity contribution is 7.22. The molecule has 0 spiro atoms. The molecule has 4 aromatic rings. The van der Waals surface area contributed by atoms with E-state index in [4.69, 9.17) is 11.6 Å². The highest BCUT2D eigenvalue weighted by Crippen LogP contribution is 2.36. The number of nitro groups is 1. The van der Waals surface area contributed by atoms with E-state index in [9.17, 15) is 10.1 Å². The number of para-hydroxylation sites is 1. The van der Waals surface area contributed by atoms with Crippen molar-refractivity contribution in [1.29, 1.82) is 0 Å². The predicted molar refractivity (Wildman–Crippen MR) is 111 cm³/mol. The third-order valence-corrected chi connectivity index (χ3v) is 5.41. The largest absolute Gasteiger partial charge is 0.353 e. The second-order valence-electron chi connectivity index (χ2n) is 5.83. The number of hydrogen-bond donors (Lipinski definition) is 2. The molecular weight excluding hydrogens is 400 g/mol. The Balaban J connectivity index is 1.73. The Kier molecular flexibility index (Phi) is 4.76. The molecule has 0 atom stereocenters. The first-order valence-corrected chi connectivity index (χ1v) is 9.36. The van der Waals surface area contributed by atoms with Crippen LogP contribution >= 0.6 is 22.9 Å². The highest BCUT2D eigenvalue weighted by Gasteiger charge is 2.24. The summed E-state index contributed by atoms with van der Waals surface area (Å²) in [4.78, 5) is 23.7. The number of aromatic nitrogens is 3. The maximum Gasteiger partial charge on any atom is 0.353 e. The molecule has 0 radical (unpaired) electrons. The third-order valence-electron chi connectivity index (χ3n) is 4.04. The van der Waals surface area contributed by atoms with Crippen LogP contribution in [0.25, 0.3) is 10.2 Å². The summed E-state index contributed by atoms with van der Waals surface area (Å²) in [7, 11) is 0. The van der Waals surface area contributed by atoms with E-state index in [0.29, 0.717) is 15.8 Å². The summed E-state index contributed by atoms with van der Waals surface area (Å²) >= 11 is 7.52. The van der Waals surface area contributed by atoms with E-state index in [-0.39, 0.29) is 17.3 Å². The van der Waals surface area contributed by atoms with Gasteiger partial charge < -0.3 is 10.6 Å². The fourth-order valence-corrected chi connectivity index (χ4v) is 3.67. The van der Waals surface area contributed by atoms with Gasteiger partial charge in [-0.15, -0.1) is 0 Å². The molecular formula is C18H13ClN6O2S. The SMILES string of the molecule is Cc1c(Cl)cccc1Nc1ncnc(Nc2nc3ccccc3s2)c1[N+](=O)[O-]. The van der Waals surface area contributed by atoms with Gasteiger partial charge >= 0.3 is 5.69 Å². The molecule has 10 heteroatoms. The van der Waals surface area contributed by atoms with Crippen LogP contribution < -0.4 is 10.6 Å². The van der Waals surface area contributed by atoms with Gasteiger partial charge in [0, 0.05) is 10.7 Å². The third kappa shape index (κ3) is 3.45. The fourth-order valence-electron chi connectivity index (χ4n) is 2.63. The normalized spacial score (nSPS) is 10.8. The first kappa shape index (κ1) is 18.1. The summed E-state index contributed by atoms with van der Waals surface area (Å²) in [6, 6.07) is 12.9. The molecule has 140 valence electrons. The van der Waals surface area contributed by atoms with Gasteiger partial charge in [0.2, 0.25) is 11.6 Å². The Morgan fingerprint density at radius 3 is 2.57 bits per heavy atom. The van der Waals surface area contributed by atoms with Crippen molar-refractivity contribution in [2.24, 2.45) is 0 Å². The Hall–Kier alpha value is -3.30. The van der Waals surface area contributed by atoms with Gasteiger partial charge in [-0.25, -0.2) is 15.0 Å². The van der Waals surface area contributed by atoms with E-state index >= 15 is 0 Å². The number of nitrogens with zero attached hydrogens (tertiary/aromatic N) is 4. The molecule has 2 heterocycles. The summed E-state index contributed by atoms with van der Waals surface area (Å²) < 4.78 is 0.967. The number of fused-ring (bicyclic) bond motifs is 1. The van der Waals surface area contributed by atoms with E-state index in [1.54, 1.807) is 18.2 Å². The fraction of sp³-hybridized carbons (Fsp3) is 0.0556. The van der Waals surface area contributed by atoms with Gasteiger partial charge in [-0.3, -0.25) is 10.1 Å². The van der Waals surface area contributed by atoms with Crippen molar-refractivity contribution in [3.05, 3.63) is 69.5 Å². The van der Waals surface area contributed by atoms with Crippen LogP contribution in [0.4, 0.5) is 28.1 Å². The molecule has 0 saturated heterocycles. The molecule has 0 saturated carbocycles. The van der Waals surface area contributed by atoms with Gasteiger partial charge in [0.25, 0.3) is 0 Å². The van der Waals surface area contributed by atoms with Gasteiger partial charge in [-0.2, -0.15) is 0 Å². The van der Waals surface area contributed by atoms with Crippen molar-refractivity contribution in [3.8, 4) is 0 Å². The first-order chi connectivity index (χ1) is 13.5. The minimum Gasteiger partial charge on any atom is -0.334 e. The Labute approximate surface area is 168 Å². The summed E-state index contributed by atoms with van der Waals surface area (Å²) in [6.07, 6.45) is 1.25. The van der Waals surface area contributed by atoms with Crippen molar-refractivity contribution in [2.75, 3.05) is 10.6 Å². The smallest absolute Gasteiger partial charge is 0.334 e. The number of anilines is 4. The predicted octanol–water partition coefficient (Wildman–Crippen LogP) is 5.44. The maximum absolute atomic E-state index is 11.7. The topological polar surface area (TPSA) is 106 Å². The van der Waals surface area contributed by atoms with Crippen molar-refractivity contribution in [3.63, 3.8) is 0 Å². The molecule has 0 aliphatic carbocycles. The molecule has 2 aromatic carbocycles. The number of nitrogens with one attached hydrogen (secondary N) is 2. The number of hydrogen-bond acceptors (Lipinski definition) is 8. The van der Waals surface area contributed by atoms with Crippen molar-refractivity contribution < 1.29 is 4.92 Å². The molecule has 0 bridgehead atoms. The molecule has 28 heavy (non-hydrogen) atoms. The number of rotatable bonds is 5. The molecule has 0 amide bonds. The van der Waals surface area contributed by atoms with Gasteiger partial charge in [0.05, 0.1) is 15.1 Å². The minimum atomic E-state index is -0.530. The molecule has 0 aliphatic heterocycles. The lowest BCUT2D eigenvalue weighted by atomic mass is 10.2. The van der Waals surface area contributed by atoms with Crippen molar-refractivity contribution in [1.82, 2.24) is 15.0 Å². The van der Waals surface area contributed by atoms with Crippen LogP contribution in [0.1, 0.15) is 5.56 Å². The average molecular weight is 413 g/mol. The summed E-state index contributed by atoms with van der Waals surface area (Å²) in [6.45, 7) is 1.82. The van der Waals surface area contributed by atoms with Crippen LogP contribution in [0.5, 0.6) is 0 Å². The zero-order valence-corrected chi connectivity index (χ0v) is 16.1. The van der Waals surface area contributed by atoms with Crippen LogP contribution in [0, 0.1) is 17.0 Å². The van der Waals surface area contributed by atoms with Gasteiger partial charge in [0.15, 0.2) is 5.13 Å². The quantitative estimate of drug-likeness (QED) is 0.332. The lowest BCUT2D eigenvalue weighted by molar-refractivity contribution is -0.383. The summed E-state index contributed by atoms with van der Waals surface area (Å²) in [5.41, 5.74) is 1.92. The molecule has 0 fully saturated rings. The molecule has 2 N–H and O–H groups in total. The Bertz CT molecular complexity index is 1160. The number of thiazole rings is 1. The lowest BCUT2D eigenvalue weighted by Gasteiger charge is -2.11. The van der Waals surface area contributed by atoms with Crippen LogP contribution in [-0.4, -0.2) is 19.9 Å². The zero-order valence-electron chi connectivity index (χ0n) is 14.5. The average Bonchev–Trinajstić information content (AvgIpc) is 3.07. The van der Waals surface area contributed by atoms with E-state index in [0.717, 1.165) is 15.8 Å². The van der Waals surface area contributed by atoms with Crippen molar-refractivity contribution >= 4 is 61.3 Å². The van der Waals surface area contributed by atoms with Crippen molar-refractivity contribution in [2.45, 2.75) is 6.92 Å². The highest BCUT2D eigenvalue weighted by atomic mass is 35.5. The van der Waals surface area contributed by atoms with Gasteiger partial charge in [-0.05, 0) is 36.8 Å². The van der Waals surface area contributed by atoms with Crippen LogP contribution in [0.3, 0.4) is 0 Å². The first-order valence-electron chi connectivity index (χ1n) is 8.17. The molecule has 0 aliphatic rings. The Morgan fingerprint density at radius 1 is 1.07 bits per heavy atom. The molecule has 8 nitrogen and oxygen atoms in total. The lowest BCUT2D eigenvalue weighted by Crippen LogP contribution is -2.06. The van der Waals surface area contributed by atoms with Crippen LogP contribution in [0.15, 0.2) is 48.8 Å². The standard InChI is InChI=1S/C18H13ClN6O2S/c1-10-11(19)5-4-7-12(10)22-16-15(25(26)27)17(21-9-20-16)24-18-23-13-6-2-3-8-14(13)28-18/h2-9H,1H3,(H2,20,21,22,23,24). The molecule has 2 aromatic heterocycles. The summed E-state index contributed by atoms with van der Waals surface area (Å²) in [5, 5.41) is 18.7. The van der Waals surface area contributed by atoms with E-state index in [1.165, 1.54) is 17.7 Å². The number of benzene rings is 2. The van der Waals surface area contributed by atoms with E-state index in [1.807, 2.05) is 31.2 Å². The molecule has 0 unspecified atom stereocenters. The minimum absolute atomic E-state index is 0.0567. The van der Waals surface area contributed by atoms with Crippen LogP contribution in [-0.2, 0) is 0 Å². The molecule has 4 rings (SSSR count). The summed E-state index contributed by atoms with van der Waals surface area (Å²) in [5.74, 6) is 0.121. The van der Waals surface area contributed by atoms with Crippen LogP contribution in [0.2, 0.25) is 5.02 Å². The second kappa shape index (κ2) is 7.37. The number of halogens is 1. The van der Waals surface area contributed by atoms with Gasteiger partial charge in [0.1, 0.15) is 6.33 Å². The zero-order chi connectivity index (χ0) is 19.7. The van der Waals surface area contributed by atoms with E-state index < -0.39 is 4.92 Å².